The molecule has 7 nitrogen and oxygen atoms in total. The van der Waals surface area contributed by atoms with E-state index in [-0.39, 0.29) is 18.1 Å². The molecular weight excluding hydrogens is 264 g/mol. The summed E-state index contributed by atoms with van der Waals surface area (Å²) in [4.78, 5) is 35.0. The van der Waals surface area contributed by atoms with Crippen LogP contribution in [0.2, 0.25) is 0 Å². The molecule has 0 spiro atoms. The first-order valence-electron chi connectivity index (χ1n) is 6.01. The minimum atomic E-state index is -0.515. The number of hydrogen-bond acceptors (Lipinski definition) is 5. The van der Waals surface area contributed by atoms with Crippen molar-refractivity contribution in [1.82, 2.24) is 4.90 Å². The predicted molar refractivity (Wildman–Crippen MR) is 71.4 cm³/mol. The van der Waals surface area contributed by atoms with Crippen molar-refractivity contribution in [2.75, 3.05) is 20.2 Å². The summed E-state index contributed by atoms with van der Waals surface area (Å²) in [5, 5.41) is 10.7. The lowest BCUT2D eigenvalue weighted by Crippen LogP contribution is -2.36. The van der Waals surface area contributed by atoms with E-state index >= 15 is 0 Å². The van der Waals surface area contributed by atoms with Gasteiger partial charge in [0.25, 0.3) is 11.6 Å². The van der Waals surface area contributed by atoms with Crippen LogP contribution in [-0.4, -0.2) is 41.9 Å². The average molecular weight is 280 g/mol. The molecule has 0 fully saturated rings. The van der Waals surface area contributed by atoms with E-state index in [1.165, 1.54) is 30.2 Å². The fourth-order valence-corrected chi connectivity index (χ4v) is 1.72. The second-order valence-electron chi connectivity index (χ2n) is 4.15. The minimum absolute atomic E-state index is 0.0439. The molecule has 0 N–H and O–H groups in total. The van der Waals surface area contributed by atoms with Crippen LogP contribution in [0.15, 0.2) is 18.2 Å². The third kappa shape index (κ3) is 3.53. The number of methoxy groups -OCH3 is 1. The summed E-state index contributed by atoms with van der Waals surface area (Å²) in [6.45, 7) is 3.48. The first kappa shape index (κ1) is 15.6. The van der Waals surface area contributed by atoms with Gasteiger partial charge < -0.3 is 9.64 Å². The quantitative estimate of drug-likeness (QED) is 0.463. The highest BCUT2D eigenvalue weighted by molar-refractivity contribution is 5.96. The van der Waals surface area contributed by atoms with Crippen LogP contribution in [0.3, 0.4) is 0 Å². The molecule has 0 saturated carbocycles. The SMILES string of the molecule is CCN(CC(=O)OC)C(=O)c1ccc([N+](=O)[O-])c(C)c1. The molecule has 0 atom stereocenters. The smallest absolute Gasteiger partial charge is 0.325 e. The Morgan fingerprint density at radius 3 is 2.50 bits per heavy atom. The van der Waals surface area contributed by atoms with Crippen LogP contribution in [0.4, 0.5) is 5.69 Å². The molecule has 0 aromatic heterocycles. The maximum atomic E-state index is 12.2. The van der Waals surface area contributed by atoms with Crippen molar-refractivity contribution in [2.45, 2.75) is 13.8 Å². The molecule has 1 amide bonds. The number of hydrogen-bond donors (Lipinski definition) is 0. The number of rotatable bonds is 5. The topological polar surface area (TPSA) is 89.8 Å². The van der Waals surface area contributed by atoms with Gasteiger partial charge in [0, 0.05) is 23.7 Å². The largest absolute Gasteiger partial charge is 0.468 e. The number of esters is 1. The van der Waals surface area contributed by atoms with Crippen LogP contribution in [0, 0.1) is 17.0 Å². The summed E-state index contributed by atoms with van der Waals surface area (Å²) in [7, 11) is 1.25. The number of aryl methyl sites for hydroxylation is 1. The number of nitro groups is 1. The van der Waals surface area contributed by atoms with Gasteiger partial charge in [-0.3, -0.25) is 19.7 Å². The van der Waals surface area contributed by atoms with Crippen LogP contribution in [0.5, 0.6) is 0 Å². The van der Waals surface area contributed by atoms with Crippen molar-refractivity contribution >= 4 is 17.6 Å². The second kappa shape index (κ2) is 6.65. The van der Waals surface area contributed by atoms with Crippen molar-refractivity contribution in [3.63, 3.8) is 0 Å². The number of amides is 1. The molecule has 7 heteroatoms. The predicted octanol–water partition coefficient (Wildman–Crippen LogP) is 1.54. The van der Waals surface area contributed by atoms with Gasteiger partial charge in [0.1, 0.15) is 6.54 Å². The number of benzene rings is 1. The van der Waals surface area contributed by atoms with Crippen molar-refractivity contribution in [1.29, 1.82) is 0 Å². The van der Waals surface area contributed by atoms with Gasteiger partial charge in [0.2, 0.25) is 0 Å². The lowest BCUT2D eigenvalue weighted by molar-refractivity contribution is -0.385. The van der Waals surface area contributed by atoms with Crippen molar-refractivity contribution < 1.29 is 19.2 Å². The standard InChI is InChI=1S/C13H16N2O5/c1-4-14(8-12(16)20-3)13(17)10-5-6-11(15(18)19)9(2)7-10/h5-7H,4,8H2,1-3H3. The lowest BCUT2D eigenvalue weighted by Gasteiger charge is -2.19. The van der Waals surface area contributed by atoms with Crippen molar-refractivity contribution in [3.05, 3.63) is 39.4 Å². The van der Waals surface area contributed by atoms with Gasteiger partial charge in [-0.15, -0.1) is 0 Å². The molecule has 0 heterocycles. The Morgan fingerprint density at radius 2 is 2.05 bits per heavy atom. The van der Waals surface area contributed by atoms with Gasteiger partial charge in [-0.25, -0.2) is 0 Å². The van der Waals surface area contributed by atoms with E-state index in [0.717, 1.165) is 0 Å². The van der Waals surface area contributed by atoms with Crippen LogP contribution in [0.25, 0.3) is 0 Å². The van der Waals surface area contributed by atoms with Gasteiger partial charge in [-0.2, -0.15) is 0 Å². The van der Waals surface area contributed by atoms with Gasteiger partial charge in [0.05, 0.1) is 12.0 Å². The molecule has 1 aromatic rings. The Hall–Kier alpha value is -2.44. The normalized spacial score (nSPS) is 9.95. The van der Waals surface area contributed by atoms with E-state index < -0.39 is 10.9 Å². The highest BCUT2D eigenvalue weighted by Gasteiger charge is 2.20. The van der Waals surface area contributed by atoms with Gasteiger partial charge in [-0.05, 0) is 26.0 Å². The van der Waals surface area contributed by atoms with Crippen molar-refractivity contribution in [2.24, 2.45) is 0 Å². The highest BCUT2D eigenvalue weighted by atomic mass is 16.6. The number of carbonyl (C=O) groups is 2. The molecule has 1 aromatic carbocycles. The molecule has 1 rings (SSSR count). The molecule has 0 aliphatic carbocycles. The monoisotopic (exact) mass is 280 g/mol. The van der Waals surface area contributed by atoms with Crippen LogP contribution in [-0.2, 0) is 9.53 Å². The summed E-state index contributed by atoms with van der Waals surface area (Å²) in [5.74, 6) is -0.880. The summed E-state index contributed by atoms with van der Waals surface area (Å²) in [6, 6.07) is 4.11. The van der Waals surface area contributed by atoms with Crippen molar-refractivity contribution in [3.8, 4) is 0 Å². The molecule has 0 bridgehead atoms. The molecular formula is C13H16N2O5. The maximum absolute atomic E-state index is 12.2. The van der Waals surface area contributed by atoms with E-state index in [1.54, 1.807) is 13.8 Å². The Kier molecular flexibility index (Phi) is 5.19. The van der Waals surface area contributed by atoms with E-state index in [1.807, 2.05) is 0 Å². The summed E-state index contributed by atoms with van der Waals surface area (Å²) in [5.41, 5.74) is 0.659. The fraction of sp³-hybridized carbons (Fsp3) is 0.385. The Labute approximate surface area is 116 Å². The Bertz CT molecular complexity index is 542. The fourth-order valence-electron chi connectivity index (χ4n) is 1.72. The third-order valence-corrected chi connectivity index (χ3v) is 2.86. The highest BCUT2D eigenvalue weighted by Crippen LogP contribution is 2.19. The first-order chi connectivity index (χ1) is 9.40. The Balaban J connectivity index is 2.98. The summed E-state index contributed by atoms with van der Waals surface area (Å²) < 4.78 is 4.52. The molecule has 0 aliphatic rings. The second-order valence-corrected chi connectivity index (χ2v) is 4.15. The van der Waals surface area contributed by atoms with E-state index in [9.17, 15) is 19.7 Å². The molecule has 0 saturated heterocycles. The maximum Gasteiger partial charge on any atom is 0.325 e. The van der Waals surface area contributed by atoms with E-state index in [2.05, 4.69) is 4.74 Å². The summed E-state index contributed by atoms with van der Waals surface area (Å²) >= 11 is 0. The summed E-state index contributed by atoms with van der Waals surface area (Å²) in [6.07, 6.45) is 0. The van der Waals surface area contributed by atoms with Crippen LogP contribution in [0.1, 0.15) is 22.8 Å². The first-order valence-corrected chi connectivity index (χ1v) is 6.01. The molecule has 0 aliphatic heterocycles. The number of carbonyl (C=O) groups excluding carboxylic acids is 2. The zero-order valence-electron chi connectivity index (χ0n) is 11.6. The van der Waals surface area contributed by atoms with E-state index in [0.29, 0.717) is 17.7 Å². The number of nitro benzene ring substituents is 1. The van der Waals surface area contributed by atoms with Crippen LogP contribution < -0.4 is 0 Å². The van der Waals surface area contributed by atoms with Gasteiger partial charge >= 0.3 is 5.97 Å². The Morgan fingerprint density at radius 1 is 1.40 bits per heavy atom. The zero-order valence-corrected chi connectivity index (χ0v) is 11.6. The third-order valence-electron chi connectivity index (χ3n) is 2.86. The molecule has 108 valence electrons. The zero-order chi connectivity index (χ0) is 15.3. The minimum Gasteiger partial charge on any atom is -0.468 e. The molecule has 0 radical (unpaired) electrons. The lowest BCUT2D eigenvalue weighted by atomic mass is 10.1. The van der Waals surface area contributed by atoms with Crippen LogP contribution >= 0.6 is 0 Å². The van der Waals surface area contributed by atoms with Gasteiger partial charge in [0.15, 0.2) is 0 Å². The molecule has 20 heavy (non-hydrogen) atoms. The molecule has 0 unspecified atom stereocenters. The average Bonchev–Trinajstić information content (AvgIpc) is 2.43. The number of nitrogens with zero attached hydrogens (tertiary/aromatic N) is 2. The van der Waals surface area contributed by atoms with Gasteiger partial charge in [-0.1, -0.05) is 0 Å². The van der Waals surface area contributed by atoms with E-state index in [4.69, 9.17) is 0 Å². The number of ether oxygens (including phenoxy) is 1. The number of likely N-dealkylation sites (N-methyl/N-ethyl adjacent to an activating group) is 1.